The van der Waals surface area contributed by atoms with Crippen LogP contribution in [0.15, 0.2) is 36.4 Å². The highest BCUT2D eigenvalue weighted by molar-refractivity contribution is 6.00. The minimum Gasteiger partial charge on any atom is -0.449 e. The minimum atomic E-state index is -1.43. The van der Waals surface area contributed by atoms with Crippen LogP contribution in [-0.4, -0.2) is 53.4 Å². The van der Waals surface area contributed by atoms with Gasteiger partial charge in [0.25, 0.3) is 0 Å². The monoisotopic (exact) mass is 539 g/mol. The van der Waals surface area contributed by atoms with Crippen molar-refractivity contribution in [2.24, 2.45) is 0 Å². The summed E-state index contributed by atoms with van der Waals surface area (Å²) in [6.07, 6.45) is -0.402. The number of amides is 3. The molecule has 1 heterocycles. The Hall–Kier alpha value is -4.08. The number of para-hydroxylation sites is 1. The standard InChI is InChI=1S/C29H37N3O7/c1-17-14-21(38-28(36)37)15-18(2)22(17)16-23(31-27(35)39-29(4,5)6)25(33)30-19(3)26(34)32-13-9-11-20-10-7-8-12-24(20)32/h7-8,10,12,14-15,19,23H,9,11,13,16H2,1-6H3,(H,30,33)(H,31,35)(H,36,37). The van der Waals surface area contributed by atoms with E-state index in [0.717, 1.165) is 29.7 Å². The van der Waals surface area contributed by atoms with Crippen molar-refractivity contribution in [2.75, 3.05) is 11.4 Å². The van der Waals surface area contributed by atoms with Crippen molar-refractivity contribution >= 4 is 29.8 Å². The first-order valence-electron chi connectivity index (χ1n) is 12.9. The van der Waals surface area contributed by atoms with Crippen LogP contribution < -0.4 is 20.3 Å². The highest BCUT2D eigenvalue weighted by Crippen LogP contribution is 2.27. The molecule has 210 valence electrons. The Kier molecular flexibility index (Phi) is 9.21. The molecule has 3 N–H and O–H groups in total. The van der Waals surface area contributed by atoms with Gasteiger partial charge in [-0.2, -0.15) is 0 Å². The Morgan fingerprint density at radius 2 is 1.69 bits per heavy atom. The van der Waals surface area contributed by atoms with Gasteiger partial charge in [-0.15, -0.1) is 0 Å². The van der Waals surface area contributed by atoms with Crippen molar-refractivity contribution in [2.45, 2.75) is 78.5 Å². The molecule has 2 aromatic rings. The number of aryl methyl sites for hydroxylation is 3. The van der Waals surface area contributed by atoms with Crippen molar-refractivity contribution < 1.29 is 33.8 Å². The first kappa shape index (κ1) is 29.5. The minimum absolute atomic E-state index is 0.0869. The van der Waals surface area contributed by atoms with Crippen LogP contribution in [0.2, 0.25) is 0 Å². The summed E-state index contributed by atoms with van der Waals surface area (Å²) in [5.41, 5.74) is 3.24. The third-order valence-electron chi connectivity index (χ3n) is 6.40. The molecular weight excluding hydrogens is 502 g/mol. The predicted molar refractivity (Wildman–Crippen MR) is 146 cm³/mol. The highest BCUT2D eigenvalue weighted by Gasteiger charge is 2.31. The van der Waals surface area contributed by atoms with Crippen LogP contribution in [0.1, 0.15) is 56.4 Å². The molecule has 3 rings (SSSR count). The third-order valence-corrected chi connectivity index (χ3v) is 6.40. The van der Waals surface area contributed by atoms with Gasteiger partial charge in [-0.1, -0.05) is 18.2 Å². The molecule has 0 aromatic heterocycles. The number of carboxylic acid groups (broad SMARTS) is 1. The lowest BCUT2D eigenvalue weighted by molar-refractivity contribution is -0.128. The highest BCUT2D eigenvalue weighted by atomic mass is 16.7. The number of alkyl carbamates (subject to hydrolysis) is 1. The van der Waals surface area contributed by atoms with E-state index in [1.165, 1.54) is 0 Å². The lowest BCUT2D eigenvalue weighted by Gasteiger charge is -2.32. The van der Waals surface area contributed by atoms with Crippen molar-refractivity contribution in [3.63, 3.8) is 0 Å². The van der Waals surface area contributed by atoms with Gasteiger partial charge in [-0.05, 0) is 94.8 Å². The fraction of sp³-hybridized carbons (Fsp3) is 0.448. The van der Waals surface area contributed by atoms with Gasteiger partial charge in [0.1, 0.15) is 23.4 Å². The van der Waals surface area contributed by atoms with Crippen molar-refractivity contribution in [1.29, 1.82) is 0 Å². The van der Waals surface area contributed by atoms with E-state index in [9.17, 15) is 19.2 Å². The summed E-state index contributed by atoms with van der Waals surface area (Å²) >= 11 is 0. The van der Waals surface area contributed by atoms with Crippen molar-refractivity contribution in [3.8, 4) is 5.75 Å². The number of benzene rings is 2. The molecule has 0 bridgehead atoms. The molecule has 1 aliphatic rings. The van der Waals surface area contributed by atoms with E-state index < -0.39 is 35.8 Å². The normalized spacial score (nSPS) is 14.5. The van der Waals surface area contributed by atoms with Gasteiger partial charge < -0.3 is 30.1 Å². The van der Waals surface area contributed by atoms with Crippen LogP contribution in [0.5, 0.6) is 5.75 Å². The smallest absolute Gasteiger partial charge is 0.449 e. The number of hydrogen-bond acceptors (Lipinski definition) is 6. The molecule has 1 aliphatic heterocycles. The zero-order chi connectivity index (χ0) is 28.9. The molecule has 0 radical (unpaired) electrons. The van der Waals surface area contributed by atoms with Gasteiger partial charge in [-0.25, -0.2) is 9.59 Å². The number of carbonyl (C=O) groups is 4. The van der Waals surface area contributed by atoms with Gasteiger partial charge in [0.15, 0.2) is 0 Å². The summed E-state index contributed by atoms with van der Waals surface area (Å²) in [6.45, 7) is 10.9. The molecule has 0 saturated heterocycles. The molecule has 3 amide bonds. The van der Waals surface area contributed by atoms with E-state index in [0.29, 0.717) is 17.7 Å². The van der Waals surface area contributed by atoms with E-state index >= 15 is 0 Å². The van der Waals surface area contributed by atoms with Crippen molar-refractivity contribution in [3.05, 3.63) is 58.7 Å². The van der Waals surface area contributed by atoms with E-state index in [-0.39, 0.29) is 18.1 Å². The van der Waals surface area contributed by atoms with Gasteiger partial charge in [0, 0.05) is 18.7 Å². The summed E-state index contributed by atoms with van der Waals surface area (Å²) in [6, 6.07) is 8.92. The lowest BCUT2D eigenvalue weighted by atomic mass is 9.95. The maximum atomic E-state index is 13.5. The fourth-order valence-electron chi connectivity index (χ4n) is 4.67. The molecule has 0 aliphatic carbocycles. The second kappa shape index (κ2) is 12.2. The number of fused-ring (bicyclic) bond motifs is 1. The molecule has 0 fully saturated rings. The Morgan fingerprint density at radius 1 is 1.05 bits per heavy atom. The number of carbonyl (C=O) groups excluding carboxylic acids is 3. The first-order valence-corrected chi connectivity index (χ1v) is 12.9. The summed E-state index contributed by atoms with van der Waals surface area (Å²) < 4.78 is 10.1. The van der Waals surface area contributed by atoms with Crippen LogP contribution in [0.4, 0.5) is 15.3 Å². The molecule has 0 spiro atoms. The largest absolute Gasteiger partial charge is 0.511 e. The van der Waals surface area contributed by atoms with Crippen LogP contribution in [0.25, 0.3) is 0 Å². The summed E-state index contributed by atoms with van der Waals surface area (Å²) in [5, 5.41) is 14.3. The number of ether oxygens (including phenoxy) is 2. The topological polar surface area (TPSA) is 134 Å². The van der Waals surface area contributed by atoms with Gasteiger partial charge >= 0.3 is 12.2 Å². The SMILES string of the molecule is Cc1cc(OC(=O)O)cc(C)c1CC(NC(=O)OC(C)(C)C)C(=O)NC(C)C(=O)N1CCCc2ccccc21. The fourth-order valence-corrected chi connectivity index (χ4v) is 4.67. The molecule has 10 nitrogen and oxygen atoms in total. The van der Waals surface area contributed by atoms with E-state index in [2.05, 4.69) is 10.6 Å². The Labute approximate surface area is 228 Å². The molecular formula is C29H37N3O7. The molecule has 2 aromatic carbocycles. The number of rotatable bonds is 7. The molecule has 0 saturated carbocycles. The maximum absolute atomic E-state index is 13.5. The first-order chi connectivity index (χ1) is 18.2. The Balaban J connectivity index is 1.81. The number of anilines is 1. The Morgan fingerprint density at radius 3 is 2.31 bits per heavy atom. The molecule has 2 atom stereocenters. The summed E-state index contributed by atoms with van der Waals surface area (Å²) in [7, 11) is 0. The van der Waals surface area contributed by atoms with Crippen LogP contribution in [0.3, 0.4) is 0 Å². The average molecular weight is 540 g/mol. The van der Waals surface area contributed by atoms with Crippen LogP contribution in [-0.2, 0) is 27.2 Å². The summed E-state index contributed by atoms with van der Waals surface area (Å²) in [5.74, 6) is -0.630. The number of hydrogen-bond donors (Lipinski definition) is 3. The van der Waals surface area contributed by atoms with E-state index in [4.69, 9.17) is 14.6 Å². The third kappa shape index (κ3) is 7.95. The van der Waals surface area contributed by atoms with Gasteiger partial charge in [-0.3, -0.25) is 9.59 Å². The van der Waals surface area contributed by atoms with E-state index in [1.54, 1.807) is 58.6 Å². The number of nitrogens with zero attached hydrogens (tertiary/aromatic N) is 1. The zero-order valence-electron chi connectivity index (χ0n) is 23.3. The van der Waals surface area contributed by atoms with Crippen LogP contribution >= 0.6 is 0 Å². The van der Waals surface area contributed by atoms with Gasteiger partial charge in [0.2, 0.25) is 11.8 Å². The maximum Gasteiger partial charge on any atom is 0.511 e. The van der Waals surface area contributed by atoms with Crippen molar-refractivity contribution in [1.82, 2.24) is 10.6 Å². The number of nitrogens with one attached hydrogen (secondary N) is 2. The molecule has 39 heavy (non-hydrogen) atoms. The quantitative estimate of drug-likeness (QED) is 0.353. The molecule has 10 heteroatoms. The van der Waals surface area contributed by atoms with Crippen LogP contribution in [0, 0.1) is 13.8 Å². The van der Waals surface area contributed by atoms with E-state index in [1.807, 2.05) is 24.3 Å². The van der Waals surface area contributed by atoms with Gasteiger partial charge in [0.05, 0.1) is 0 Å². The molecule has 2 unspecified atom stereocenters. The average Bonchev–Trinajstić information content (AvgIpc) is 2.83. The second-order valence-electron chi connectivity index (χ2n) is 10.8. The predicted octanol–water partition coefficient (Wildman–Crippen LogP) is 4.28. The lowest BCUT2D eigenvalue weighted by Crippen LogP contribution is -2.55. The summed E-state index contributed by atoms with van der Waals surface area (Å²) in [4.78, 5) is 52.1. The second-order valence-corrected chi connectivity index (χ2v) is 10.8. The zero-order valence-corrected chi connectivity index (χ0v) is 23.3. The Bertz CT molecular complexity index is 1230.